The van der Waals surface area contributed by atoms with Gasteiger partial charge < -0.3 is 5.32 Å². The molecule has 0 amide bonds. The van der Waals surface area contributed by atoms with Crippen LogP contribution in [0.2, 0.25) is 0 Å². The molecule has 2 atom stereocenters. The van der Waals surface area contributed by atoms with Gasteiger partial charge >= 0.3 is 0 Å². The summed E-state index contributed by atoms with van der Waals surface area (Å²) in [4.78, 5) is 0. The van der Waals surface area contributed by atoms with E-state index in [1.54, 1.807) is 0 Å². The van der Waals surface area contributed by atoms with Gasteiger partial charge in [0.15, 0.2) is 0 Å². The number of thioether (sulfide) groups is 1. The van der Waals surface area contributed by atoms with E-state index in [0.717, 1.165) is 5.75 Å². The molecule has 0 aliphatic carbocycles. The first-order chi connectivity index (χ1) is 8.17. The summed E-state index contributed by atoms with van der Waals surface area (Å²) in [6.07, 6.45) is 4.56. The van der Waals surface area contributed by atoms with Gasteiger partial charge in [0.25, 0.3) is 0 Å². The number of hydrogen-bond donors (Lipinski definition) is 1. The third-order valence-corrected chi connectivity index (χ3v) is 3.80. The highest BCUT2D eigenvalue weighted by molar-refractivity contribution is 7.98. The molecule has 1 aromatic rings. The Kier molecular flexibility index (Phi) is 6.68. The molecular weight excluding hydrogens is 226 g/mol. The third kappa shape index (κ3) is 5.13. The summed E-state index contributed by atoms with van der Waals surface area (Å²) in [5.74, 6) is 1.16. The fourth-order valence-corrected chi connectivity index (χ4v) is 2.68. The van der Waals surface area contributed by atoms with Crippen LogP contribution in [0.4, 0.5) is 0 Å². The summed E-state index contributed by atoms with van der Waals surface area (Å²) in [6.45, 7) is 6.71. The quantitative estimate of drug-likeness (QED) is 0.785. The molecule has 1 nitrogen and oxygen atoms in total. The first kappa shape index (κ1) is 14.6. The molecule has 1 rings (SSSR count). The van der Waals surface area contributed by atoms with Gasteiger partial charge in [0, 0.05) is 17.8 Å². The molecular formula is C15H25NS. The van der Waals surface area contributed by atoms with E-state index < -0.39 is 0 Å². The van der Waals surface area contributed by atoms with E-state index in [9.17, 15) is 0 Å². The molecule has 1 N–H and O–H groups in total. The van der Waals surface area contributed by atoms with Crippen molar-refractivity contribution in [2.24, 2.45) is 0 Å². The second-order valence-corrected chi connectivity index (χ2v) is 5.65. The van der Waals surface area contributed by atoms with Crippen LogP contribution >= 0.6 is 11.8 Å². The molecule has 1 aromatic carbocycles. The van der Waals surface area contributed by atoms with Crippen LogP contribution in [0, 0.1) is 0 Å². The summed E-state index contributed by atoms with van der Waals surface area (Å²) in [5.41, 5.74) is 2.83. The maximum atomic E-state index is 3.63. The highest BCUT2D eigenvalue weighted by atomic mass is 32.2. The lowest BCUT2D eigenvalue weighted by atomic mass is 10.0. The monoisotopic (exact) mass is 251 g/mol. The molecule has 0 radical (unpaired) electrons. The van der Waals surface area contributed by atoms with Crippen LogP contribution in [-0.4, -0.2) is 18.1 Å². The van der Waals surface area contributed by atoms with Crippen molar-refractivity contribution < 1.29 is 0 Å². The van der Waals surface area contributed by atoms with E-state index in [2.05, 4.69) is 56.6 Å². The Morgan fingerprint density at radius 3 is 2.35 bits per heavy atom. The molecule has 0 heterocycles. The number of hydrogen-bond acceptors (Lipinski definition) is 2. The highest BCUT2D eigenvalue weighted by Crippen LogP contribution is 2.15. The Morgan fingerprint density at radius 2 is 1.82 bits per heavy atom. The van der Waals surface area contributed by atoms with Crippen molar-refractivity contribution in [3.05, 3.63) is 35.4 Å². The van der Waals surface area contributed by atoms with Gasteiger partial charge in [-0.2, -0.15) is 11.8 Å². The molecule has 17 heavy (non-hydrogen) atoms. The molecule has 0 fully saturated rings. The maximum absolute atomic E-state index is 3.63. The number of nitrogens with one attached hydrogen (secondary N) is 1. The van der Waals surface area contributed by atoms with Gasteiger partial charge in [-0.25, -0.2) is 0 Å². The molecule has 0 aliphatic rings. The zero-order valence-electron chi connectivity index (χ0n) is 11.5. The fraction of sp³-hybridized carbons (Fsp3) is 0.600. The van der Waals surface area contributed by atoms with Crippen molar-refractivity contribution in [2.75, 3.05) is 12.0 Å². The molecule has 96 valence electrons. The van der Waals surface area contributed by atoms with Crippen LogP contribution in [0.5, 0.6) is 0 Å². The molecule has 0 aromatic heterocycles. The van der Waals surface area contributed by atoms with Crippen LogP contribution in [0.15, 0.2) is 24.3 Å². The lowest BCUT2D eigenvalue weighted by Gasteiger charge is -2.20. The second kappa shape index (κ2) is 7.78. The van der Waals surface area contributed by atoms with E-state index in [1.807, 2.05) is 11.8 Å². The lowest BCUT2D eigenvalue weighted by Crippen LogP contribution is -2.30. The van der Waals surface area contributed by atoms with E-state index in [-0.39, 0.29) is 0 Å². The van der Waals surface area contributed by atoms with Crippen LogP contribution in [0.25, 0.3) is 0 Å². The highest BCUT2D eigenvalue weighted by Gasteiger charge is 2.08. The normalized spacial score (nSPS) is 14.6. The molecule has 0 bridgehead atoms. The zero-order chi connectivity index (χ0) is 12.7. The maximum Gasteiger partial charge on any atom is 0.0294 e. The predicted octanol–water partition coefficient (Wildman–Crippen LogP) is 4.04. The van der Waals surface area contributed by atoms with E-state index in [1.165, 1.54) is 24.0 Å². The van der Waals surface area contributed by atoms with Gasteiger partial charge in [-0.1, -0.05) is 37.6 Å². The Balaban J connectivity index is 2.53. The average molecular weight is 251 g/mol. The minimum atomic E-state index is 0.438. The molecule has 2 heteroatoms. The van der Waals surface area contributed by atoms with Crippen molar-refractivity contribution in [2.45, 2.75) is 45.7 Å². The predicted molar refractivity (Wildman–Crippen MR) is 79.8 cm³/mol. The summed E-state index contributed by atoms with van der Waals surface area (Å²) < 4.78 is 0. The van der Waals surface area contributed by atoms with Crippen molar-refractivity contribution >= 4 is 11.8 Å². The minimum absolute atomic E-state index is 0.438. The van der Waals surface area contributed by atoms with Gasteiger partial charge in [-0.3, -0.25) is 0 Å². The Bertz CT molecular complexity index is 307. The van der Waals surface area contributed by atoms with E-state index in [4.69, 9.17) is 0 Å². The summed E-state index contributed by atoms with van der Waals surface area (Å²) >= 11 is 1.89. The van der Waals surface area contributed by atoms with Crippen molar-refractivity contribution in [3.63, 3.8) is 0 Å². The lowest BCUT2D eigenvalue weighted by molar-refractivity contribution is 0.511. The molecule has 0 saturated heterocycles. The Labute approximate surface area is 110 Å². The largest absolute Gasteiger partial charge is 0.307 e. The zero-order valence-corrected chi connectivity index (χ0v) is 12.3. The standard InChI is InChI=1S/C15H25NS/c1-5-6-14-7-9-15(10-8-14)13(3)16-12(2)11-17-4/h7-10,12-13,16H,5-6,11H2,1-4H3. The smallest absolute Gasteiger partial charge is 0.0294 e. The number of rotatable bonds is 7. The van der Waals surface area contributed by atoms with Gasteiger partial charge in [0.1, 0.15) is 0 Å². The van der Waals surface area contributed by atoms with Gasteiger partial charge in [0.2, 0.25) is 0 Å². The Hall–Kier alpha value is -0.470. The summed E-state index contributed by atoms with van der Waals surface area (Å²) in [5, 5.41) is 3.63. The second-order valence-electron chi connectivity index (χ2n) is 4.74. The van der Waals surface area contributed by atoms with Crippen LogP contribution in [0.1, 0.15) is 44.4 Å². The Morgan fingerprint density at radius 1 is 1.18 bits per heavy atom. The van der Waals surface area contributed by atoms with Gasteiger partial charge in [-0.15, -0.1) is 0 Å². The van der Waals surface area contributed by atoms with Crippen molar-refractivity contribution in [3.8, 4) is 0 Å². The first-order valence-corrected chi connectivity index (χ1v) is 7.90. The number of aryl methyl sites for hydroxylation is 1. The summed E-state index contributed by atoms with van der Waals surface area (Å²) in [6, 6.07) is 10.0. The summed E-state index contributed by atoms with van der Waals surface area (Å²) in [7, 11) is 0. The van der Waals surface area contributed by atoms with Crippen LogP contribution in [-0.2, 0) is 6.42 Å². The average Bonchev–Trinajstić information content (AvgIpc) is 2.30. The molecule has 0 aliphatic heterocycles. The minimum Gasteiger partial charge on any atom is -0.307 e. The SMILES string of the molecule is CCCc1ccc(C(C)NC(C)CSC)cc1. The van der Waals surface area contributed by atoms with Crippen LogP contribution in [0.3, 0.4) is 0 Å². The molecule has 0 spiro atoms. The van der Waals surface area contributed by atoms with E-state index >= 15 is 0 Å². The third-order valence-electron chi connectivity index (χ3n) is 2.97. The van der Waals surface area contributed by atoms with E-state index in [0.29, 0.717) is 12.1 Å². The first-order valence-electron chi connectivity index (χ1n) is 6.51. The van der Waals surface area contributed by atoms with Crippen LogP contribution < -0.4 is 5.32 Å². The number of benzene rings is 1. The van der Waals surface area contributed by atoms with Crippen molar-refractivity contribution in [1.29, 1.82) is 0 Å². The fourth-order valence-electron chi connectivity index (χ4n) is 2.08. The van der Waals surface area contributed by atoms with Gasteiger partial charge in [-0.05, 0) is 37.7 Å². The topological polar surface area (TPSA) is 12.0 Å². The molecule has 2 unspecified atom stereocenters. The van der Waals surface area contributed by atoms with Crippen molar-refractivity contribution in [1.82, 2.24) is 5.32 Å². The molecule has 0 saturated carbocycles. The van der Waals surface area contributed by atoms with Gasteiger partial charge in [0.05, 0.1) is 0 Å².